The Bertz CT molecular complexity index is 616. The molecule has 0 aromatic carbocycles. The van der Waals surface area contributed by atoms with Crippen LogP contribution in [0, 0.1) is 22.8 Å². The lowest BCUT2D eigenvalue weighted by atomic mass is 9.76. The molecule has 6 heteroatoms. The minimum Gasteiger partial charge on any atom is -0.358 e. The van der Waals surface area contributed by atoms with Gasteiger partial charge in [0.25, 0.3) is 0 Å². The van der Waals surface area contributed by atoms with E-state index in [1.165, 1.54) is 0 Å². The molecular formula is C17H24ClN5. The average molecular weight is 334 g/mol. The number of rotatable bonds is 3. The second-order valence-corrected chi connectivity index (χ2v) is 8.27. The smallest absolute Gasteiger partial charge is 0.207 e. The second-order valence-electron chi connectivity index (χ2n) is 7.89. The summed E-state index contributed by atoms with van der Waals surface area (Å²) in [6, 6.07) is 3.74. The molecule has 1 fully saturated rings. The van der Waals surface area contributed by atoms with Crippen molar-refractivity contribution in [3.05, 3.63) is 23.0 Å². The Balaban J connectivity index is 1.99. The lowest BCUT2D eigenvalue weighted by Crippen LogP contribution is -2.54. The number of likely N-dealkylation sites (tertiary alicyclic amines) is 1. The van der Waals surface area contributed by atoms with E-state index in [0.717, 1.165) is 31.0 Å². The molecule has 0 saturated carbocycles. The highest BCUT2D eigenvalue weighted by Crippen LogP contribution is 2.35. The van der Waals surface area contributed by atoms with Crippen molar-refractivity contribution >= 4 is 17.4 Å². The molecule has 0 spiro atoms. The van der Waals surface area contributed by atoms with E-state index in [4.69, 9.17) is 16.9 Å². The fraction of sp³-hybridized carbons (Fsp3) is 0.647. The molecule has 2 rings (SSSR count). The van der Waals surface area contributed by atoms with Gasteiger partial charge < -0.3 is 4.90 Å². The van der Waals surface area contributed by atoms with Crippen molar-refractivity contribution in [3.63, 3.8) is 0 Å². The molecule has 124 valence electrons. The number of aromatic nitrogens is 2. The van der Waals surface area contributed by atoms with Crippen molar-refractivity contribution in [1.29, 1.82) is 5.26 Å². The van der Waals surface area contributed by atoms with E-state index in [9.17, 15) is 0 Å². The van der Waals surface area contributed by atoms with Crippen LogP contribution >= 0.6 is 11.6 Å². The molecule has 2 heterocycles. The first-order chi connectivity index (χ1) is 10.6. The summed E-state index contributed by atoms with van der Waals surface area (Å²) in [7, 11) is 0. The molecule has 0 bridgehead atoms. The first-order valence-electron chi connectivity index (χ1n) is 7.85. The number of hydrogen-bond acceptors (Lipinski definition) is 4. The molecule has 1 saturated heterocycles. The summed E-state index contributed by atoms with van der Waals surface area (Å²) in [5, 5.41) is 17.5. The lowest BCUT2D eigenvalue weighted by Gasteiger charge is -2.46. The van der Waals surface area contributed by atoms with E-state index in [-0.39, 0.29) is 10.8 Å². The summed E-state index contributed by atoms with van der Waals surface area (Å²) in [4.78, 5) is 6.23. The van der Waals surface area contributed by atoms with E-state index >= 15 is 0 Å². The van der Waals surface area contributed by atoms with Crippen LogP contribution < -0.4 is 0 Å². The lowest BCUT2D eigenvalue weighted by molar-refractivity contribution is 0.140. The minimum absolute atomic E-state index is 0.0530. The molecule has 5 nitrogen and oxygen atoms in total. The predicted octanol–water partition coefficient (Wildman–Crippen LogP) is 3.66. The Morgan fingerprint density at radius 3 is 2.43 bits per heavy atom. The van der Waals surface area contributed by atoms with Crippen LogP contribution in [0.25, 0.3) is 0 Å². The summed E-state index contributed by atoms with van der Waals surface area (Å²) < 4.78 is 0. The van der Waals surface area contributed by atoms with Crippen molar-refractivity contribution in [2.45, 2.75) is 46.5 Å². The molecule has 0 radical (unpaired) electrons. The summed E-state index contributed by atoms with van der Waals surface area (Å²) in [5.74, 6) is 1.44. The van der Waals surface area contributed by atoms with Crippen LogP contribution in [-0.2, 0) is 5.41 Å². The maximum Gasteiger partial charge on any atom is 0.207 e. The molecular weight excluding hydrogens is 310 g/mol. The quantitative estimate of drug-likeness (QED) is 0.481. The van der Waals surface area contributed by atoms with Crippen molar-refractivity contribution in [1.82, 2.24) is 15.1 Å². The Kier molecular flexibility index (Phi) is 4.95. The largest absolute Gasteiger partial charge is 0.358 e. The van der Waals surface area contributed by atoms with Gasteiger partial charge >= 0.3 is 0 Å². The number of hydrogen-bond donors (Lipinski definition) is 0. The highest BCUT2D eigenvalue weighted by molar-refractivity contribution is 6.29. The number of nitriles is 1. The zero-order chi connectivity index (χ0) is 17.3. The van der Waals surface area contributed by atoms with Crippen molar-refractivity contribution in [3.8, 4) is 6.19 Å². The van der Waals surface area contributed by atoms with Gasteiger partial charge in [-0.1, -0.05) is 46.2 Å². The van der Waals surface area contributed by atoms with Crippen LogP contribution in [0.2, 0.25) is 5.15 Å². The van der Waals surface area contributed by atoms with Crippen molar-refractivity contribution in [2.24, 2.45) is 16.3 Å². The van der Waals surface area contributed by atoms with Gasteiger partial charge in [0.15, 0.2) is 5.15 Å². The molecule has 1 aromatic rings. The van der Waals surface area contributed by atoms with Gasteiger partial charge in [-0.15, -0.1) is 5.10 Å². The van der Waals surface area contributed by atoms with Gasteiger partial charge in [-0.25, -0.2) is 0 Å². The predicted molar refractivity (Wildman–Crippen MR) is 92.3 cm³/mol. The highest BCUT2D eigenvalue weighted by atomic mass is 35.5. The summed E-state index contributed by atoms with van der Waals surface area (Å²) >= 11 is 5.81. The SMILES string of the molecule is CC(C)(C)/C(=N/C#N)N1CC(CC(C)(C)c2ccc(Cl)nn2)C1. The Morgan fingerprint density at radius 1 is 1.30 bits per heavy atom. The van der Waals surface area contributed by atoms with E-state index in [1.54, 1.807) is 6.07 Å². The zero-order valence-electron chi connectivity index (χ0n) is 14.5. The zero-order valence-corrected chi connectivity index (χ0v) is 15.2. The second kappa shape index (κ2) is 6.45. The molecule has 0 amide bonds. The molecule has 1 aromatic heterocycles. The van der Waals surface area contributed by atoms with Crippen molar-refractivity contribution < 1.29 is 0 Å². The number of aliphatic imine (C=N–C) groups is 1. The first-order valence-corrected chi connectivity index (χ1v) is 8.23. The maximum atomic E-state index is 8.90. The molecule has 0 aliphatic carbocycles. The van der Waals surface area contributed by atoms with Gasteiger partial charge in [-0.2, -0.15) is 15.4 Å². The van der Waals surface area contributed by atoms with Crippen LogP contribution in [0.15, 0.2) is 17.1 Å². The van der Waals surface area contributed by atoms with Crippen molar-refractivity contribution in [2.75, 3.05) is 13.1 Å². The summed E-state index contributed by atoms with van der Waals surface area (Å²) in [6.45, 7) is 12.5. The monoisotopic (exact) mass is 333 g/mol. The fourth-order valence-electron chi connectivity index (χ4n) is 3.14. The standard InChI is InChI=1S/C17H24ClN5/c1-16(2,3)15(20-11-19)23-9-12(10-23)8-17(4,5)13-6-7-14(18)22-21-13/h6-7,12H,8-10H2,1-5H3/b20-15-. The van der Waals surface area contributed by atoms with Crippen LogP contribution in [0.4, 0.5) is 0 Å². The van der Waals surface area contributed by atoms with Gasteiger partial charge in [0, 0.05) is 23.9 Å². The van der Waals surface area contributed by atoms with Crippen LogP contribution in [0.1, 0.15) is 46.7 Å². The van der Waals surface area contributed by atoms with Gasteiger partial charge in [0.2, 0.25) is 6.19 Å². The molecule has 0 N–H and O–H groups in total. The van der Waals surface area contributed by atoms with E-state index in [2.05, 4.69) is 54.7 Å². The molecule has 0 atom stereocenters. The van der Waals surface area contributed by atoms with Crippen LogP contribution in [0.3, 0.4) is 0 Å². The maximum absolute atomic E-state index is 8.90. The average Bonchev–Trinajstić information content (AvgIpc) is 2.39. The topological polar surface area (TPSA) is 65.2 Å². The van der Waals surface area contributed by atoms with Gasteiger partial charge in [0.1, 0.15) is 5.84 Å². The number of nitrogens with zero attached hydrogens (tertiary/aromatic N) is 5. The third-order valence-corrected chi connectivity index (χ3v) is 4.41. The van der Waals surface area contributed by atoms with E-state index in [1.807, 2.05) is 12.3 Å². The van der Waals surface area contributed by atoms with Crippen LogP contribution in [-0.4, -0.2) is 34.0 Å². The molecule has 0 unspecified atom stereocenters. The number of halogens is 1. The Morgan fingerprint density at radius 2 is 1.96 bits per heavy atom. The van der Waals surface area contributed by atoms with Gasteiger partial charge in [-0.05, 0) is 24.5 Å². The summed E-state index contributed by atoms with van der Waals surface area (Å²) in [5.41, 5.74) is 0.794. The first kappa shape index (κ1) is 17.7. The fourth-order valence-corrected chi connectivity index (χ4v) is 3.24. The summed E-state index contributed by atoms with van der Waals surface area (Å²) in [6.07, 6.45) is 2.95. The normalized spacial score (nSPS) is 16.9. The van der Waals surface area contributed by atoms with E-state index in [0.29, 0.717) is 11.1 Å². The third kappa shape index (κ3) is 4.20. The van der Waals surface area contributed by atoms with Gasteiger partial charge in [-0.3, -0.25) is 0 Å². The van der Waals surface area contributed by atoms with Crippen LogP contribution in [0.5, 0.6) is 0 Å². The Labute approximate surface area is 143 Å². The Hall–Kier alpha value is -1.67. The highest BCUT2D eigenvalue weighted by Gasteiger charge is 2.38. The minimum atomic E-state index is -0.113. The third-order valence-electron chi connectivity index (χ3n) is 4.21. The molecule has 1 aliphatic rings. The van der Waals surface area contributed by atoms with Gasteiger partial charge in [0.05, 0.1) is 5.69 Å². The molecule has 1 aliphatic heterocycles. The number of amidine groups is 1. The van der Waals surface area contributed by atoms with E-state index < -0.39 is 0 Å². The molecule has 23 heavy (non-hydrogen) atoms.